The summed E-state index contributed by atoms with van der Waals surface area (Å²) in [6.45, 7) is 1.75. The van der Waals surface area contributed by atoms with Gasteiger partial charge >= 0.3 is 5.97 Å². The Morgan fingerprint density at radius 2 is 2.07 bits per heavy atom. The van der Waals surface area contributed by atoms with Crippen LogP contribution in [0.25, 0.3) is 10.9 Å². The number of fused-ring (bicyclic) bond motifs is 1. The maximum Gasteiger partial charge on any atom is 0.341 e. The SMILES string of the molecule is COC(=O)c1cc(CN(C)C(=O)c2cc3cccc([N+](=O)[O-])c3[nH]2)oc1C. The molecule has 0 spiro atoms. The summed E-state index contributed by atoms with van der Waals surface area (Å²) in [5.41, 5.74) is 0.715. The summed E-state index contributed by atoms with van der Waals surface area (Å²) in [7, 11) is 2.84. The molecule has 0 aliphatic rings. The van der Waals surface area contributed by atoms with E-state index >= 15 is 0 Å². The summed E-state index contributed by atoms with van der Waals surface area (Å²) >= 11 is 0. The van der Waals surface area contributed by atoms with Crippen LogP contribution in [0.3, 0.4) is 0 Å². The van der Waals surface area contributed by atoms with Crippen molar-refractivity contribution in [2.75, 3.05) is 14.2 Å². The number of rotatable bonds is 5. The summed E-state index contributed by atoms with van der Waals surface area (Å²) in [6, 6.07) is 7.71. The van der Waals surface area contributed by atoms with Crippen LogP contribution in [0.15, 0.2) is 34.7 Å². The van der Waals surface area contributed by atoms with Crippen molar-refractivity contribution in [2.24, 2.45) is 0 Å². The van der Waals surface area contributed by atoms with E-state index in [2.05, 4.69) is 9.72 Å². The fourth-order valence-corrected chi connectivity index (χ4v) is 2.85. The Balaban J connectivity index is 1.84. The average Bonchev–Trinajstić information content (AvgIpc) is 3.23. The number of esters is 1. The quantitative estimate of drug-likeness (QED) is 0.418. The van der Waals surface area contributed by atoms with E-state index in [9.17, 15) is 19.7 Å². The van der Waals surface area contributed by atoms with Crippen LogP contribution >= 0.6 is 0 Å². The molecule has 0 saturated carbocycles. The van der Waals surface area contributed by atoms with Gasteiger partial charge in [-0.15, -0.1) is 0 Å². The molecule has 0 radical (unpaired) electrons. The lowest BCUT2D eigenvalue weighted by molar-refractivity contribution is -0.383. The highest BCUT2D eigenvalue weighted by Gasteiger charge is 2.21. The maximum atomic E-state index is 12.7. The van der Waals surface area contributed by atoms with Crippen molar-refractivity contribution in [3.63, 3.8) is 0 Å². The first-order chi connectivity index (χ1) is 12.8. The van der Waals surface area contributed by atoms with Crippen molar-refractivity contribution in [3.8, 4) is 0 Å². The summed E-state index contributed by atoms with van der Waals surface area (Å²) in [4.78, 5) is 39.1. The van der Waals surface area contributed by atoms with E-state index in [0.29, 0.717) is 28.0 Å². The normalized spacial score (nSPS) is 10.8. The molecule has 3 aromatic rings. The lowest BCUT2D eigenvalue weighted by Gasteiger charge is -2.14. The number of para-hydroxylation sites is 1. The predicted molar refractivity (Wildman–Crippen MR) is 95.5 cm³/mol. The fourth-order valence-electron chi connectivity index (χ4n) is 2.85. The molecule has 27 heavy (non-hydrogen) atoms. The van der Waals surface area contributed by atoms with Crippen molar-refractivity contribution in [1.29, 1.82) is 0 Å². The van der Waals surface area contributed by atoms with E-state index in [1.807, 2.05) is 0 Å². The second-order valence-corrected chi connectivity index (χ2v) is 6.02. The second kappa shape index (κ2) is 6.94. The highest BCUT2D eigenvalue weighted by atomic mass is 16.6. The molecule has 1 aromatic carbocycles. The second-order valence-electron chi connectivity index (χ2n) is 6.02. The van der Waals surface area contributed by atoms with Gasteiger partial charge in [-0.3, -0.25) is 14.9 Å². The number of methoxy groups -OCH3 is 1. The number of benzene rings is 1. The van der Waals surface area contributed by atoms with E-state index in [1.165, 1.54) is 24.1 Å². The molecule has 0 aliphatic carbocycles. The molecule has 1 N–H and O–H groups in total. The van der Waals surface area contributed by atoms with Crippen LogP contribution in [-0.2, 0) is 11.3 Å². The zero-order valence-electron chi connectivity index (χ0n) is 14.9. The highest BCUT2D eigenvalue weighted by Crippen LogP contribution is 2.26. The van der Waals surface area contributed by atoms with E-state index in [4.69, 9.17) is 4.42 Å². The molecule has 0 atom stereocenters. The Morgan fingerprint density at radius 3 is 2.74 bits per heavy atom. The number of nitro groups is 1. The molecule has 2 aromatic heterocycles. The number of hydrogen-bond acceptors (Lipinski definition) is 6. The first-order valence-corrected chi connectivity index (χ1v) is 8.01. The molecule has 9 nitrogen and oxygen atoms in total. The van der Waals surface area contributed by atoms with Crippen LogP contribution in [0.1, 0.15) is 32.4 Å². The first kappa shape index (κ1) is 18.2. The van der Waals surface area contributed by atoms with Crippen molar-refractivity contribution < 1.29 is 23.7 Å². The van der Waals surface area contributed by atoms with Crippen LogP contribution in [0.4, 0.5) is 5.69 Å². The lowest BCUT2D eigenvalue weighted by atomic mass is 10.2. The molecule has 0 unspecified atom stereocenters. The molecule has 0 saturated heterocycles. The van der Waals surface area contributed by atoms with Crippen LogP contribution in [0, 0.1) is 17.0 Å². The van der Waals surface area contributed by atoms with E-state index in [1.54, 1.807) is 32.2 Å². The van der Waals surface area contributed by atoms with Crippen LogP contribution in [-0.4, -0.2) is 40.8 Å². The molecule has 2 heterocycles. The van der Waals surface area contributed by atoms with E-state index in [-0.39, 0.29) is 23.8 Å². The number of H-pyrrole nitrogens is 1. The highest BCUT2D eigenvalue weighted by molar-refractivity contribution is 6.00. The van der Waals surface area contributed by atoms with Gasteiger partial charge in [0.1, 0.15) is 28.3 Å². The van der Waals surface area contributed by atoms with Crippen LogP contribution in [0.2, 0.25) is 0 Å². The minimum Gasteiger partial charge on any atom is -0.465 e. The Hall–Kier alpha value is -3.62. The first-order valence-electron chi connectivity index (χ1n) is 8.01. The standard InChI is InChI=1S/C18H17N3O6/c1-10-13(18(23)26-3)8-12(27-10)9-20(2)17(22)14-7-11-5-4-6-15(21(24)25)16(11)19-14/h4-8,19H,9H2,1-3H3. The smallest absolute Gasteiger partial charge is 0.341 e. The van der Waals surface area contributed by atoms with Crippen LogP contribution < -0.4 is 0 Å². The largest absolute Gasteiger partial charge is 0.465 e. The Kier molecular flexibility index (Phi) is 4.68. The number of nitrogens with zero attached hydrogens (tertiary/aromatic N) is 2. The average molecular weight is 371 g/mol. The van der Waals surface area contributed by atoms with Crippen molar-refractivity contribution in [1.82, 2.24) is 9.88 Å². The molecule has 3 rings (SSSR count). The molecule has 1 amide bonds. The summed E-state index contributed by atoms with van der Waals surface area (Å²) in [6.07, 6.45) is 0. The van der Waals surface area contributed by atoms with Gasteiger partial charge in [-0.25, -0.2) is 4.79 Å². The topological polar surface area (TPSA) is 119 Å². The molecular weight excluding hydrogens is 354 g/mol. The van der Waals surface area contributed by atoms with Crippen molar-refractivity contribution in [3.05, 3.63) is 63.2 Å². The monoisotopic (exact) mass is 371 g/mol. The fraction of sp³-hybridized carbons (Fsp3) is 0.222. The van der Waals surface area contributed by atoms with Gasteiger partial charge < -0.3 is 19.0 Å². The van der Waals surface area contributed by atoms with Gasteiger partial charge in [0.05, 0.1) is 18.6 Å². The third-order valence-electron chi connectivity index (χ3n) is 4.18. The molecule has 0 aliphatic heterocycles. The molecule has 0 fully saturated rings. The lowest BCUT2D eigenvalue weighted by Crippen LogP contribution is -2.26. The van der Waals surface area contributed by atoms with Gasteiger partial charge in [0.25, 0.3) is 11.6 Å². The number of carbonyl (C=O) groups excluding carboxylic acids is 2. The Bertz CT molecular complexity index is 1050. The predicted octanol–water partition coefficient (Wildman–Crippen LogP) is 3.04. The van der Waals surface area contributed by atoms with Crippen molar-refractivity contribution >= 4 is 28.5 Å². The number of aromatic amines is 1. The Morgan fingerprint density at radius 1 is 1.33 bits per heavy atom. The summed E-state index contributed by atoms with van der Waals surface area (Å²) in [5.74, 6) is -0.0571. The van der Waals surface area contributed by atoms with E-state index < -0.39 is 10.9 Å². The number of furan rings is 1. The molecule has 0 bridgehead atoms. The van der Waals surface area contributed by atoms with Gasteiger partial charge in [-0.05, 0) is 19.1 Å². The van der Waals surface area contributed by atoms with Gasteiger partial charge in [-0.1, -0.05) is 12.1 Å². The molecule has 9 heteroatoms. The Labute approximate surface area is 153 Å². The van der Waals surface area contributed by atoms with Gasteiger partial charge in [-0.2, -0.15) is 0 Å². The third-order valence-corrected chi connectivity index (χ3v) is 4.18. The number of aromatic nitrogens is 1. The molecular formula is C18H17N3O6. The summed E-state index contributed by atoms with van der Waals surface area (Å²) in [5, 5.41) is 11.7. The zero-order chi connectivity index (χ0) is 19.7. The molecule has 140 valence electrons. The van der Waals surface area contributed by atoms with Gasteiger partial charge in [0.2, 0.25) is 0 Å². The number of hydrogen-bond donors (Lipinski definition) is 1. The van der Waals surface area contributed by atoms with Gasteiger partial charge in [0, 0.05) is 18.5 Å². The van der Waals surface area contributed by atoms with Gasteiger partial charge in [0.15, 0.2) is 0 Å². The maximum absolute atomic E-state index is 12.7. The minimum absolute atomic E-state index is 0.0985. The zero-order valence-corrected chi connectivity index (χ0v) is 14.9. The third kappa shape index (κ3) is 3.39. The summed E-state index contributed by atoms with van der Waals surface area (Å²) < 4.78 is 10.2. The number of amides is 1. The number of aryl methyl sites for hydroxylation is 1. The number of carbonyl (C=O) groups is 2. The number of ether oxygens (including phenoxy) is 1. The minimum atomic E-state index is -0.514. The van der Waals surface area contributed by atoms with Crippen molar-refractivity contribution in [2.45, 2.75) is 13.5 Å². The number of nitrogens with one attached hydrogen (secondary N) is 1. The number of nitro benzene ring substituents is 1. The van der Waals surface area contributed by atoms with E-state index in [0.717, 1.165) is 0 Å². The van der Waals surface area contributed by atoms with Crippen LogP contribution in [0.5, 0.6) is 0 Å². The number of non-ortho nitro benzene ring substituents is 1.